The van der Waals surface area contributed by atoms with Crippen molar-refractivity contribution >= 4 is 10.0 Å². The third-order valence-corrected chi connectivity index (χ3v) is 5.97. The molecule has 0 spiro atoms. The summed E-state index contributed by atoms with van der Waals surface area (Å²) >= 11 is 0. The van der Waals surface area contributed by atoms with Crippen LogP contribution in [0.1, 0.15) is 43.1 Å². The number of hydrogen-bond acceptors (Lipinski definition) is 6. The highest BCUT2D eigenvalue weighted by Crippen LogP contribution is 2.32. The molecule has 0 N–H and O–H groups in total. The molecule has 1 aliphatic rings. The molecule has 0 aliphatic carbocycles. The number of nitrogens with zero attached hydrogens (tertiary/aromatic N) is 3. The molecule has 8 heteroatoms. The molecule has 2 aromatic rings. The number of hydrogen-bond donors (Lipinski definition) is 0. The first kappa shape index (κ1) is 16.9. The lowest BCUT2D eigenvalue weighted by atomic mass is 10.2. The summed E-state index contributed by atoms with van der Waals surface area (Å²) in [6.45, 7) is 4.31. The summed E-state index contributed by atoms with van der Waals surface area (Å²) in [5.41, 5.74) is 1.15. The van der Waals surface area contributed by atoms with Crippen LogP contribution in [0.2, 0.25) is 0 Å². The van der Waals surface area contributed by atoms with Crippen molar-refractivity contribution in [2.75, 3.05) is 12.3 Å². The third-order valence-electron chi connectivity index (χ3n) is 4.09. The van der Waals surface area contributed by atoms with Gasteiger partial charge in [-0.25, -0.2) is 8.42 Å². The molecule has 1 fully saturated rings. The van der Waals surface area contributed by atoms with E-state index in [-0.39, 0.29) is 18.4 Å². The van der Waals surface area contributed by atoms with Gasteiger partial charge in [0.2, 0.25) is 10.0 Å². The second kappa shape index (κ2) is 6.90. The van der Waals surface area contributed by atoms with Gasteiger partial charge in [0.25, 0.3) is 5.89 Å². The lowest BCUT2D eigenvalue weighted by Gasteiger charge is -2.20. The maximum absolute atomic E-state index is 12.1. The zero-order chi connectivity index (χ0) is 17.2. The van der Waals surface area contributed by atoms with Crippen LogP contribution in [-0.4, -0.2) is 35.2 Å². The lowest BCUT2D eigenvalue weighted by Crippen LogP contribution is -2.32. The Balaban J connectivity index is 1.67. The molecule has 1 saturated heterocycles. The first-order valence-electron chi connectivity index (χ1n) is 8.01. The van der Waals surface area contributed by atoms with Crippen LogP contribution in [0.4, 0.5) is 0 Å². The minimum absolute atomic E-state index is 0.0742. The van der Waals surface area contributed by atoms with Gasteiger partial charge in [-0.1, -0.05) is 22.9 Å². The molecule has 0 radical (unpaired) electrons. The Labute approximate surface area is 141 Å². The number of aryl methyl sites for hydroxylation is 1. The van der Waals surface area contributed by atoms with Gasteiger partial charge in [0, 0.05) is 6.54 Å². The Bertz CT molecular complexity index is 786. The average molecular weight is 351 g/mol. The van der Waals surface area contributed by atoms with Crippen LogP contribution in [0.5, 0.6) is 5.75 Å². The molecular formula is C16H21N3O4S. The van der Waals surface area contributed by atoms with Crippen molar-refractivity contribution in [3.8, 4) is 5.75 Å². The first-order valence-corrected chi connectivity index (χ1v) is 9.62. The van der Waals surface area contributed by atoms with Crippen molar-refractivity contribution in [3.63, 3.8) is 0 Å². The van der Waals surface area contributed by atoms with Crippen molar-refractivity contribution in [1.29, 1.82) is 0 Å². The number of sulfonamides is 1. The molecule has 1 aromatic carbocycles. The van der Waals surface area contributed by atoms with E-state index >= 15 is 0 Å². The topological polar surface area (TPSA) is 85.5 Å². The molecule has 2 heterocycles. The van der Waals surface area contributed by atoms with Crippen LogP contribution < -0.4 is 4.74 Å². The summed E-state index contributed by atoms with van der Waals surface area (Å²) in [5, 5.41) is 3.95. The van der Waals surface area contributed by atoms with E-state index in [1.54, 1.807) is 6.92 Å². The predicted octanol–water partition coefficient (Wildman–Crippen LogP) is 2.44. The third kappa shape index (κ3) is 3.59. The Hall–Kier alpha value is -1.93. The van der Waals surface area contributed by atoms with Gasteiger partial charge in [-0.3, -0.25) is 0 Å². The highest BCUT2D eigenvalue weighted by molar-refractivity contribution is 7.89. The van der Waals surface area contributed by atoms with Gasteiger partial charge < -0.3 is 9.26 Å². The van der Waals surface area contributed by atoms with Gasteiger partial charge in [-0.2, -0.15) is 9.29 Å². The minimum atomic E-state index is -3.26. The second-order valence-corrected chi connectivity index (χ2v) is 8.03. The molecule has 1 unspecified atom stereocenters. The quantitative estimate of drug-likeness (QED) is 0.794. The lowest BCUT2D eigenvalue weighted by molar-refractivity contribution is 0.241. The zero-order valence-corrected chi connectivity index (χ0v) is 14.6. The van der Waals surface area contributed by atoms with Crippen molar-refractivity contribution in [3.05, 3.63) is 41.5 Å². The van der Waals surface area contributed by atoms with E-state index in [0.29, 0.717) is 24.7 Å². The van der Waals surface area contributed by atoms with Gasteiger partial charge in [0.05, 0.1) is 11.8 Å². The van der Waals surface area contributed by atoms with Crippen LogP contribution >= 0.6 is 0 Å². The largest absolute Gasteiger partial charge is 0.484 e. The zero-order valence-electron chi connectivity index (χ0n) is 13.8. The van der Waals surface area contributed by atoms with E-state index in [4.69, 9.17) is 9.26 Å². The monoisotopic (exact) mass is 351 g/mol. The van der Waals surface area contributed by atoms with Gasteiger partial charge in [-0.15, -0.1) is 0 Å². The summed E-state index contributed by atoms with van der Waals surface area (Å²) in [5.74, 6) is 1.54. The molecular weight excluding hydrogens is 330 g/mol. The van der Waals surface area contributed by atoms with E-state index in [9.17, 15) is 8.42 Å². The molecule has 24 heavy (non-hydrogen) atoms. The molecule has 0 amide bonds. The Morgan fingerprint density at radius 3 is 2.79 bits per heavy atom. The van der Waals surface area contributed by atoms with Crippen molar-refractivity contribution in [1.82, 2.24) is 14.4 Å². The molecule has 1 aromatic heterocycles. The SMILES string of the molecule is CCS(=O)(=O)N1CCCC1c1noc(COc2ccc(C)cc2)n1. The number of benzene rings is 1. The van der Waals surface area contributed by atoms with Gasteiger partial charge in [0.1, 0.15) is 5.75 Å². The Morgan fingerprint density at radius 1 is 1.33 bits per heavy atom. The van der Waals surface area contributed by atoms with E-state index in [1.165, 1.54) is 4.31 Å². The van der Waals surface area contributed by atoms with E-state index in [1.807, 2.05) is 31.2 Å². The van der Waals surface area contributed by atoms with Crippen LogP contribution in [0.3, 0.4) is 0 Å². The fraction of sp³-hybridized carbons (Fsp3) is 0.500. The molecule has 1 aliphatic heterocycles. The first-order chi connectivity index (χ1) is 11.5. The molecule has 0 bridgehead atoms. The fourth-order valence-corrected chi connectivity index (χ4v) is 4.06. The summed E-state index contributed by atoms with van der Waals surface area (Å²) in [6, 6.07) is 7.33. The number of rotatable bonds is 6. The highest BCUT2D eigenvalue weighted by Gasteiger charge is 2.36. The summed E-state index contributed by atoms with van der Waals surface area (Å²) in [6.07, 6.45) is 1.50. The van der Waals surface area contributed by atoms with Crippen molar-refractivity contribution < 1.29 is 17.7 Å². The smallest absolute Gasteiger partial charge is 0.264 e. The van der Waals surface area contributed by atoms with Gasteiger partial charge in [-0.05, 0) is 38.8 Å². The predicted molar refractivity (Wildman–Crippen MR) is 88.0 cm³/mol. The number of aromatic nitrogens is 2. The molecule has 3 rings (SSSR count). The van der Waals surface area contributed by atoms with Crippen LogP contribution in [0, 0.1) is 6.92 Å². The van der Waals surface area contributed by atoms with E-state index < -0.39 is 10.0 Å². The molecule has 0 saturated carbocycles. The van der Waals surface area contributed by atoms with Gasteiger partial charge in [0.15, 0.2) is 12.4 Å². The van der Waals surface area contributed by atoms with E-state index in [2.05, 4.69) is 10.1 Å². The summed E-state index contributed by atoms with van der Waals surface area (Å²) < 4.78 is 36.6. The highest BCUT2D eigenvalue weighted by atomic mass is 32.2. The summed E-state index contributed by atoms with van der Waals surface area (Å²) in [4.78, 5) is 4.31. The normalized spacial score (nSPS) is 18.8. The second-order valence-electron chi connectivity index (χ2n) is 5.82. The van der Waals surface area contributed by atoms with E-state index in [0.717, 1.165) is 17.7 Å². The summed E-state index contributed by atoms with van der Waals surface area (Å²) in [7, 11) is -3.26. The Morgan fingerprint density at radius 2 is 2.08 bits per heavy atom. The molecule has 7 nitrogen and oxygen atoms in total. The van der Waals surface area contributed by atoms with Crippen LogP contribution in [0.15, 0.2) is 28.8 Å². The van der Waals surface area contributed by atoms with Crippen LogP contribution in [0.25, 0.3) is 0 Å². The standard InChI is InChI=1S/C16H21N3O4S/c1-3-24(20,21)19-10-4-5-14(19)16-17-15(23-18-16)11-22-13-8-6-12(2)7-9-13/h6-9,14H,3-5,10-11H2,1-2H3. The Kier molecular flexibility index (Phi) is 4.86. The van der Waals surface area contributed by atoms with Crippen molar-refractivity contribution in [2.24, 2.45) is 0 Å². The maximum atomic E-state index is 12.1. The number of ether oxygens (including phenoxy) is 1. The molecule has 130 valence electrons. The van der Waals surface area contributed by atoms with Gasteiger partial charge >= 0.3 is 0 Å². The fourth-order valence-electron chi connectivity index (χ4n) is 2.74. The van der Waals surface area contributed by atoms with Crippen LogP contribution in [-0.2, 0) is 16.6 Å². The minimum Gasteiger partial charge on any atom is -0.484 e. The maximum Gasteiger partial charge on any atom is 0.264 e. The molecule has 1 atom stereocenters. The van der Waals surface area contributed by atoms with Crippen molar-refractivity contribution in [2.45, 2.75) is 39.3 Å². The average Bonchev–Trinajstić information content (AvgIpc) is 3.23.